The van der Waals surface area contributed by atoms with Gasteiger partial charge in [0.25, 0.3) is 0 Å². The van der Waals surface area contributed by atoms with Crippen molar-refractivity contribution >= 4 is 0 Å². The van der Waals surface area contributed by atoms with Crippen LogP contribution in [0.4, 0.5) is 0 Å². The summed E-state index contributed by atoms with van der Waals surface area (Å²) in [5.74, 6) is 0. The first-order valence-corrected chi connectivity index (χ1v) is 4.55. The highest BCUT2D eigenvalue weighted by Gasteiger charge is 2.31. The molecule has 1 aliphatic rings. The van der Waals surface area contributed by atoms with Gasteiger partial charge < -0.3 is 9.64 Å². The van der Waals surface area contributed by atoms with Crippen molar-refractivity contribution in [2.24, 2.45) is 0 Å². The van der Waals surface area contributed by atoms with E-state index in [0.29, 0.717) is 0 Å². The SMILES string of the molecule is CCC1(CC)CN(C)CCO1. The quantitative estimate of drug-likeness (QED) is 0.602. The van der Waals surface area contributed by atoms with Crippen molar-refractivity contribution in [3.63, 3.8) is 0 Å². The van der Waals surface area contributed by atoms with Gasteiger partial charge in [-0.2, -0.15) is 0 Å². The van der Waals surface area contributed by atoms with Crippen molar-refractivity contribution in [1.29, 1.82) is 0 Å². The Morgan fingerprint density at radius 3 is 2.36 bits per heavy atom. The van der Waals surface area contributed by atoms with E-state index in [4.69, 9.17) is 4.74 Å². The Morgan fingerprint density at radius 2 is 2.00 bits per heavy atom. The van der Waals surface area contributed by atoms with Crippen molar-refractivity contribution in [3.05, 3.63) is 0 Å². The number of hydrogen-bond acceptors (Lipinski definition) is 2. The van der Waals surface area contributed by atoms with Crippen LogP contribution in [0.5, 0.6) is 0 Å². The van der Waals surface area contributed by atoms with E-state index in [0.717, 1.165) is 32.5 Å². The topological polar surface area (TPSA) is 12.5 Å². The third-order valence-electron chi connectivity index (χ3n) is 2.73. The number of hydrogen-bond donors (Lipinski definition) is 0. The lowest BCUT2D eigenvalue weighted by molar-refractivity contribution is -0.107. The number of nitrogens with zero attached hydrogens (tertiary/aromatic N) is 1. The third kappa shape index (κ3) is 1.94. The highest BCUT2D eigenvalue weighted by Crippen LogP contribution is 2.24. The van der Waals surface area contributed by atoms with E-state index in [1.165, 1.54) is 0 Å². The van der Waals surface area contributed by atoms with Crippen LogP contribution in [0.2, 0.25) is 0 Å². The van der Waals surface area contributed by atoms with Crippen LogP contribution < -0.4 is 0 Å². The molecule has 1 aliphatic heterocycles. The summed E-state index contributed by atoms with van der Waals surface area (Å²) in [6.45, 7) is 7.51. The minimum absolute atomic E-state index is 0.160. The van der Waals surface area contributed by atoms with E-state index >= 15 is 0 Å². The molecule has 1 rings (SSSR count). The van der Waals surface area contributed by atoms with Crippen molar-refractivity contribution < 1.29 is 4.74 Å². The minimum atomic E-state index is 0.160. The molecule has 0 aliphatic carbocycles. The van der Waals surface area contributed by atoms with Crippen LogP contribution in [-0.4, -0.2) is 37.2 Å². The zero-order chi connectivity index (χ0) is 8.32. The molecular weight excluding hydrogens is 138 g/mol. The van der Waals surface area contributed by atoms with E-state index in [2.05, 4.69) is 25.8 Å². The van der Waals surface area contributed by atoms with Gasteiger partial charge in [-0.3, -0.25) is 0 Å². The van der Waals surface area contributed by atoms with Crippen molar-refractivity contribution in [2.45, 2.75) is 32.3 Å². The highest BCUT2D eigenvalue weighted by molar-refractivity contribution is 4.84. The lowest BCUT2D eigenvalue weighted by Gasteiger charge is -2.40. The molecule has 2 heteroatoms. The molecule has 0 aromatic heterocycles. The Bertz CT molecular complexity index is 121. The summed E-state index contributed by atoms with van der Waals surface area (Å²) in [6.07, 6.45) is 2.27. The van der Waals surface area contributed by atoms with Crippen LogP contribution >= 0.6 is 0 Å². The average molecular weight is 157 g/mol. The van der Waals surface area contributed by atoms with Gasteiger partial charge in [0.05, 0.1) is 12.2 Å². The molecule has 1 fully saturated rings. The van der Waals surface area contributed by atoms with E-state index in [1.807, 2.05) is 0 Å². The largest absolute Gasteiger partial charge is 0.372 e. The van der Waals surface area contributed by atoms with Crippen molar-refractivity contribution in [3.8, 4) is 0 Å². The Hall–Kier alpha value is -0.0800. The molecule has 0 N–H and O–H groups in total. The minimum Gasteiger partial charge on any atom is -0.372 e. The lowest BCUT2D eigenvalue weighted by atomic mass is 9.95. The normalized spacial score (nSPS) is 25.4. The molecule has 0 aromatic carbocycles. The first-order chi connectivity index (χ1) is 5.22. The number of morpholine rings is 1. The predicted molar refractivity (Wildman–Crippen MR) is 46.8 cm³/mol. The molecule has 11 heavy (non-hydrogen) atoms. The molecule has 1 heterocycles. The Morgan fingerprint density at radius 1 is 1.36 bits per heavy atom. The first-order valence-electron chi connectivity index (χ1n) is 4.55. The van der Waals surface area contributed by atoms with Crippen molar-refractivity contribution in [1.82, 2.24) is 4.90 Å². The molecule has 0 radical (unpaired) electrons. The summed E-state index contributed by atoms with van der Waals surface area (Å²) in [5, 5.41) is 0. The van der Waals surface area contributed by atoms with Gasteiger partial charge in [-0.1, -0.05) is 13.8 Å². The van der Waals surface area contributed by atoms with Crippen LogP contribution in [0, 0.1) is 0 Å². The van der Waals surface area contributed by atoms with Gasteiger partial charge in [-0.25, -0.2) is 0 Å². The molecule has 0 aromatic rings. The average Bonchev–Trinajstić information content (AvgIpc) is 2.04. The maximum absolute atomic E-state index is 5.79. The molecule has 0 spiro atoms. The second kappa shape index (κ2) is 3.55. The fourth-order valence-electron chi connectivity index (χ4n) is 1.71. The summed E-state index contributed by atoms with van der Waals surface area (Å²) in [6, 6.07) is 0. The Balaban J connectivity index is 2.52. The fraction of sp³-hybridized carbons (Fsp3) is 1.00. The van der Waals surface area contributed by atoms with Crippen molar-refractivity contribution in [2.75, 3.05) is 26.7 Å². The summed E-state index contributed by atoms with van der Waals surface area (Å²) in [7, 11) is 2.17. The van der Waals surface area contributed by atoms with Crippen LogP contribution in [0.15, 0.2) is 0 Å². The molecule has 1 saturated heterocycles. The van der Waals surface area contributed by atoms with Crippen LogP contribution in [0.25, 0.3) is 0 Å². The molecule has 2 nitrogen and oxygen atoms in total. The summed E-state index contributed by atoms with van der Waals surface area (Å²) in [4.78, 5) is 2.36. The molecule has 0 unspecified atom stereocenters. The van der Waals surface area contributed by atoms with Gasteiger partial charge in [0.15, 0.2) is 0 Å². The number of rotatable bonds is 2. The molecular formula is C9H19NO. The van der Waals surface area contributed by atoms with Gasteiger partial charge in [0, 0.05) is 13.1 Å². The maximum atomic E-state index is 5.79. The number of ether oxygens (including phenoxy) is 1. The predicted octanol–water partition coefficient (Wildman–Crippen LogP) is 1.51. The molecule has 0 amide bonds. The molecule has 0 saturated carbocycles. The van der Waals surface area contributed by atoms with E-state index in [9.17, 15) is 0 Å². The maximum Gasteiger partial charge on any atom is 0.0804 e. The summed E-state index contributed by atoms with van der Waals surface area (Å²) in [5.41, 5.74) is 0.160. The second-order valence-electron chi connectivity index (χ2n) is 3.48. The van der Waals surface area contributed by atoms with E-state index in [1.54, 1.807) is 0 Å². The smallest absolute Gasteiger partial charge is 0.0804 e. The van der Waals surface area contributed by atoms with Gasteiger partial charge in [-0.05, 0) is 19.9 Å². The zero-order valence-corrected chi connectivity index (χ0v) is 7.89. The second-order valence-corrected chi connectivity index (χ2v) is 3.48. The first kappa shape index (κ1) is 9.01. The van der Waals surface area contributed by atoms with E-state index < -0.39 is 0 Å². The Labute approximate surface area is 69.5 Å². The zero-order valence-electron chi connectivity index (χ0n) is 7.89. The van der Waals surface area contributed by atoms with Gasteiger partial charge >= 0.3 is 0 Å². The third-order valence-corrected chi connectivity index (χ3v) is 2.73. The van der Waals surface area contributed by atoms with Crippen LogP contribution in [0.3, 0.4) is 0 Å². The molecule has 0 bridgehead atoms. The van der Waals surface area contributed by atoms with Crippen LogP contribution in [-0.2, 0) is 4.74 Å². The molecule has 66 valence electrons. The van der Waals surface area contributed by atoms with Gasteiger partial charge in [-0.15, -0.1) is 0 Å². The molecule has 0 atom stereocenters. The summed E-state index contributed by atoms with van der Waals surface area (Å²) >= 11 is 0. The standard InChI is InChI=1S/C9H19NO/c1-4-9(5-2)8-10(3)6-7-11-9/h4-8H2,1-3H3. The van der Waals surface area contributed by atoms with Crippen LogP contribution in [0.1, 0.15) is 26.7 Å². The van der Waals surface area contributed by atoms with E-state index in [-0.39, 0.29) is 5.60 Å². The Kier molecular flexibility index (Phi) is 2.90. The lowest BCUT2D eigenvalue weighted by Crippen LogP contribution is -2.49. The monoisotopic (exact) mass is 157 g/mol. The summed E-state index contributed by atoms with van der Waals surface area (Å²) < 4.78 is 5.79. The fourth-order valence-corrected chi connectivity index (χ4v) is 1.71. The number of likely N-dealkylation sites (N-methyl/N-ethyl adjacent to an activating group) is 1. The highest BCUT2D eigenvalue weighted by atomic mass is 16.5. The van der Waals surface area contributed by atoms with Gasteiger partial charge in [0.2, 0.25) is 0 Å². The van der Waals surface area contributed by atoms with Gasteiger partial charge in [0.1, 0.15) is 0 Å².